The van der Waals surface area contributed by atoms with Gasteiger partial charge in [0.25, 0.3) is 0 Å². The molecule has 3 nitrogen and oxygen atoms in total. The first-order chi connectivity index (χ1) is 6.41. The van der Waals surface area contributed by atoms with Crippen molar-refractivity contribution in [2.75, 3.05) is 13.1 Å². The maximum atomic E-state index is 11.6. The molecule has 0 radical (unpaired) electrons. The number of aliphatic hydroxyl groups is 1. The van der Waals surface area contributed by atoms with Crippen molar-refractivity contribution in [3.8, 4) is 0 Å². The Morgan fingerprint density at radius 2 is 2.14 bits per heavy atom. The fourth-order valence-corrected chi connectivity index (χ4v) is 1.75. The third-order valence-corrected chi connectivity index (χ3v) is 2.40. The van der Waals surface area contributed by atoms with Gasteiger partial charge in [-0.2, -0.15) is 0 Å². The Labute approximate surface area is 85.4 Å². The first-order valence-corrected chi connectivity index (χ1v) is 5.07. The van der Waals surface area contributed by atoms with Crippen molar-refractivity contribution >= 4 is 5.91 Å². The third-order valence-electron chi connectivity index (χ3n) is 2.40. The van der Waals surface area contributed by atoms with E-state index >= 15 is 0 Å². The molecule has 3 heteroatoms. The number of rotatable bonds is 1. The van der Waals surface area contributed by atoms with E-state index in [1.165, 1.54) is 0 Å². The molecule has 14 heavy (non-hydrogen) atoms. The molecule has 1 unspecified atom stereocenters. The number of hydrogen-bond donors (Lipinski definition) is 1. The summed E-state index contributed by atoms with van der Waals surface area (Å²) in [7, 11) is 0. The molecule has 0 saturated carbocycles. The van der Waals surface area contributed by atoms with Crippen LogP contribution in [0.4, 0.5) is 0 Å². The summed E-state index contributed by atoms with van der Waals surface area (Å²) in [4.78, 5) is 13.4. The highest BCUT2D eigenvalue weighted by atomic mass is 16.3. The molecule has 0 aromatic rings. The molecule has 1 N–H and O–H groups in total. The summed E-state index contributed by atoms with van der Waals surface area (Å²) < 4.78 is 0. The molecule has 1 rings (SSSR count). The molecule has 1 fully saturated rings. The van der Waals surface area contributed by atoms with Crippen LogP contribution in [0.1, 0.15) is 33.6 Å². The molecule has 1 aliphatic rings. The molecule has 80 valence electrons. The van der Waals surface area contributed by atoms with E-state index in [1.54, 1.807) is 17.9 Å². The van der Waals surface area contributed by atoms with E-state index in [4.69, 9.17) is 0 Å². The van der Waals surface area contributed by atoms with Gasteiger partial charge in [0.05, 0.1) is 5.60 Å². The van der Waals surface area contributed by atoms with Gasteiger partial charge in [-0.25, -0.2) is 0 Å². The summed E-state index contributed by atoms with van der Waals surface area (Å²) >= 11 is 0. The predicted octanol–water partition coefficient (Wildman–Crippen LogP) is 1.33. The van der Waals surface area contributed by atoms with E-state index in [1.807, 2.05) is 13.8 Å². The normalized spacial score (nSPS) is 27.3. The Balaban J connectivity index is 2.61. The second-order valence-electron chi connectivity index (χ2n) is 4.58. The lowest BCUT2D eigenvalue weighted by Gasteiger charge is -2.36. The average Bonchev–Trinajstić information content (AvgIpc) is 2.01. The molecule has 0 aromatic carbocycles. The zero-order chi connectivity index (χ0) is 10.8. The van der Waals surface area contributed by atoms with Gasteiger partial charge in [0, 0.05) is 19.2 Å². The van der Waals surface area contributed by atoms with Crippen LogP contribution in [0.15, 0.2) is 11.6 Å². The number of likely N-dealkylation sites (tertiary alicyclic amines) is 1. The van der Waals surface area contributed by atoms with Crippen LogP contribution in [0.5, 0.6) is 0 Å². The van der Waals surface area contributed by atoms with Gasteiger partial charge < -0.3 is 10.0 Å². The zero-order valence-electron chi connectivity index (χ0n) is 9.21. The summed E-state index contributed by atoms with van der Waals surface area (Å²) in [5.41, 5.74) is 0.295. The van der Waals surface area contributed by atoms with Crippen LogP contribution in [-0.4, -0.2) is 34.6 Å². The highest BCUT2D eigenvalue weighted by molar-refractivity contribution is 5.88. The molecule has 0 bridgehead atoms. The summed E-state index contributed by atoms with van der Waals surface area (Å²) in [6.45, 7) is 6.81. The molecule has 1 atom stereocenters. The lowest BCUT2D eigenvalue weighted by Crippen LogP contribution is -2.48. The number of β-amino-alcohol motifs (C(OH)–C–C–N with tert-alkyl or cyclic N) is 1. The molecule has 0 spiro atoms. The van der Waals surface area contributed by atoms with Crippen molar-refractivity contribution in [2.45, 2.75) is 39.2 Å². The van der Waals surface area contributed by atoms with Gasteiger partial charge in [0.2, 0.25) is 5.91 Å². The maximum Gasteiger partial charge on any atom is 0.246 e. The van der Waals surface area contributed by atoms with E-state index in [-0.39, 0.29) is 5.91 Å². The maximum absolute atomic E-state index is 11.6. The van der Waals surface area contributed by atoms with Gasteiger partial charge in [-0.3, -0.25) is 4.79 Å². The Morgan fingerprint density at radius 1 is 1.50 bits per heavy atom. The van der Waals surface area contributed by atoms with Crippen molar-refractivity contribution in [3.05, 3.63) is 11.6 Å². The standard InChI is InChI=1S/C11H19NO2/c1-9(2)7-10(13)12-6-4-5-11(3,14)8-12/h7,14H,4-6,8H2,1-3H3. The smallest absolute Gasteiger partial charge is 0.246 e. The number of hydrogen-bond acceptors (Lipinski definition) is 2. The first kappa shape index (κ1) is 11.2. The number of carbonyl (C=O) groups is 1. The van der Waals surface area contributed by atoms with Crippen molar-refractivity contribution in [1.82, 2.24) is 4.90 Å². The molecule has 0 aromatic heterocycles. The molecule has 0 aliphatic carbocycles. The largest absolute Gasteiger partial charge is 0.388 e. The number of carbonyl (C=O) groups excluding carboxylic acids is 1. The summed E-state index contributed by atoms with van der Waals surface area (Å²) in [5.74, 6) is 0.0185. The number of amides is 1. The average molecular weight is 197 g/mol. The van der Waals surface area contributed by atoms with Crippen LogP contribution in [-0.2, 0) is 4.79 Å². The topological polar surface area (TPSA) is 40.5 Å². The Bertz CT molecular complexity index is 252. The fourth-order valence-electron chi connectivity index (χ4n) is 1.75. The lowest BCUT2D eigenvalue weighted by atomic mass is 9.95. The number of allylic oxidation sites excluding steroid dienone is 1. The van der Waals surface area contributed by atoms with Gasteiger partial charge >= 0.3 is 0 Å². The van der Waals surface area contributed by atoms with Crippen LogP contribution >= 0.6 is 0 Å². The summed E-state index contributed by atoms with van der Waals surface area (Å²) in [6, 6.07) is 0. The monoisotopic (exact) mass is 197 g/mol. The minimum Gasteiger partial charge on any atom is -0.388 e. The second-order valence-corrected chi connectivity index (χ2v) is 4.58. The first-order valence-electron chi connectivity index (χ1n) is 5.07. The lowest BCUT2D eigenvalue weighted by molar-refractivity contribution is -0.132. The Hall–Kier alpha value is -0.830. The molecular formula is C11H19NO2. The molecule has 1 saturated heterocycles. The molecular weight excluding hydrogens is 178 g/mol. The minimum absolute atomic E-state index is 0.0185. The van der Waals surface area contributed by atoms with E-state index in [9.17, 15) is 9.90 Å². The summed E-state index contributed by atoms with van der Waals surface area (Å²) in [6.07, 6.45) is 3.29. The van der Waals surface area contributed by atoms with Gasteiger partial charge in [0.15, 0.2) is 0 Å². The third kappa shape index (κ3) is 3.14. The minimum atomic E-state index is -0.705. The van der Waals surface area contributed by atoms with E-state index in [0.717, 1.165) is 25.0 Å². The predicted molar refractivity (Wildman–Crippen MR) is 55.9 cm³/mol. The van der Waals surface area contributed by atoms with Crippen molar-refractivity contribution in [2.24, 2.45) is 0 Å². The highest BCUT2D eigenvalue weighted by Crippen LogP contribution is 2.20. The van der Waals surface area contributed by atoms with Crippen molar-refractivity contribution < 1.29 is 9.90 Å². The van der Waals surface area contributed by atoms with Crippen LogP contribution in [0.3, 0.4) is 0 Å². The van der Waals surface area contributed by atoms with E-state index in [2.05, 4.69) is 0 Å². The van der Waals surface area contributed by atoms with Gasteiger partial charge in [-0.1, -0.05) is 5.57 Å². The van der Waals surface area contributed by atoms with Crippen LogP contribution in [0.2, 0.25) is 0 Å². The zero-order valence-corrected chi connectivity index (χ0v) is 9.21. The Morgan fingerprint density at radius 3 is 2.64 bits per heavy atom. The van der Waals surface area contributed by atoms with Crippen molar-refractivity contribution in [3.63, 3.8) is 0 Å². The van der Waals surface area contributed by atoms with Crippen LogP contribution < -0.4 is 0 Å². The fraction of sp³-hybridized carbons (Fsp3) is 0.727. The second kappa shape index (κ2) is 4.13. The molecule has 1 amide bonds. The van der Waals surface area contributed by atoms with Crippen LogP contribution in [0, 0.1) is 0 Å². The SMILES string of the molecule is CC(C)=CC(=O)N1CCCC(C)(O)C1. The Kier molecular flexibility index (Phi) is 3.32. The summed E-state index contributed by atoms with van der Waals surface area (Å²) in [5, 5.41) is 9.81. The van der Waals surface area contributed by atoms with E-state index < -0.39 is 5.60 Å². The van der Waals surface area contributed by atoms with Gasteiger partial charge in [-0.05, 0) is 33.6 Å². The quantitative estimate of drug-likeness (QED) is 0.644. The highest BCUT2D eigenvalue weighted by Gasteiger charge is 2.29. The molecule has 1 heterocycles. The molecule has 1 aliphatic heterocycles. The van der Waals surface area contributed by atoms with Crippen molar-refractivity contribution in [1.29, 1.82) is 0 Å². The number of piperidine rings is 1. The van der Waals surface area contributed by atoms with E-state index in [0.29, 0.717) is 6.54 Å². The van der Waals surface area contributed by atoms with Gasteiger partial charge in [0.1, 0.15) is 0 Å². The van der Waals surface area contributed by atoms with Gasteiger partial charge in [-0.15, -0.1) is 0 Å². The van der Waals surface area contributed by atoms with Crippen LogP contribution in [0.25, 0.3) is 0 Å². The number of nitrogens with zero attached hydrogens (tertiary/aromatic N) is 1.